The van der Waals surface area contributed by atoms with Gasteiger partial charge in [-0.3, -0.25) is 14.5 Å². The summed E-state index contributed by atoms with van der Waals surface area (Å²) in [6.07, 6.45) is 4.10. The van der Waals surface area contributed by atoms with Crippen LogP contribution in [0.1, 0.15) is 41.6 Å². The van der Waals surface area contributed by atoms with E-state index in [1.54, 1.807) is 29.2 Å². The molecule has 2 aliphatic rings. The van der Waals surface area contributed by atoms with Crippen LogP contribution in [-0.2, 0) is 11.3 Å². The molecule has 1 saturated heterocycles. The number of carbonyl (C=O) groups is 2. The SMILES string of the molecule is O=C(NCc1ccccc1)c1ccc(N2C(=O)C3CCCCC3NC2=S)cc1. The first-order valence-electron chi connectivity index (χ1n) is 9.70. The Hall–Kier alpha value is -2.73. The van der Waals surface area contributed by atoms with Crippen molar-refractivity contribution in [2.75, 3.05) is 4.90 Å². The molecule has 2 unspecified atom stereocenters. The van der Waals surface area contributed by atoms with Gasteiger partial charge in [0.25, 0.3) is 5.91 Å². The second-order valence-electron chi connectivity index (χ2n) is 7.34. The number of anilines is 1. The molecule has 2 N–H and O–H groups in total. The van der Waals surface area contributed by atoms with Gasteiger partial charge in [0, 0.05) is 18.2 Å². The van der Waals surface area contributed by atoms with Crippen LogP contribution in [0.5, 0.6) is 0 Å². The van der Waals surface area contributed by atoms with Gasteiger partial charge in [-0.2, -0.15) is 0 Å². The van der Waals surface area contributed by atoms with Crippen molar-refractivity contribution in [3.05, 3.63) is 65.7 Å². The third kappa shape index (κ3) is 3.78. The molecule has 1 heterocycles. The second kappa shape index (κ2) is 8.10. The van der Waals surface area contributed by atoms with E-state index in [4.69, 9.17) is 12.2 Å². The first-order valence-corrected chi connectivity index (χ1v) is 10.1. The zero-order valence-electron chi connectivity index (χ0n) is 15.6. The lowest BCUT2D eigenvalue weighted by molar-refractivity contribution is -0.123. The summed E-state index contributed by atoms with van der Waals surface area (Å²) < 4.78 is 0. The van der Waals surface area contributed by atoms with Gasteiger partial charge < -0.3 is 10.6 Å². The van der Waals surface area contributed by atoms with Crippen molar-refractivity contribution in [2.45, 2.75) is 38.3 Å². The van der Waals surface area contributed by atoms with E-state index in [1.807, 2.05) is 30.3 Å². The lowest BCUT2D eigenvalue weighted by atomic mass is 9.82. The zero-order chi connectivity index (χ0) is 19.5. The van der Waals surface area contributed by atoms with Crippen LogP contribution in [0, 0.1) is 5.92 Å². The average Bonchev–Trinajstić information content (AvgIpc) is 2.73. The Morgan fingerprint density at radius 2 is 1.79 bits per heavy atom. The van der Waals surface area contributed by atoms with Crippen molar-refractivity contribution in [3.8, 4) is 0 Å². The Balaban J connectivity index is 1.44. The minimum Gasteiger partial charge on any atom is -0.358 e. The average molecular weight is 394 g/mol. The van der Waals surface area contributed by atoms with Gasteiger partial charge in [-0.05, 0) is 54.9 Å². The van der Waals surface area contributed by atoms with Crippen LogP contribution in [0.3, 0.4) is 0 Å². The molecule has 2 aromatic carbocycles. The number of nitrogens with one attached hydrogen (secondary N) is 2. The third-order valence-corrected chi connectivity index (χ3v) is 5.80. The standard InChI is InChI=1S/C22H23N3O2S/c26-20(23-14-15-6-2-1-3-7-15)16-10-12-17(13-11-16)25-21(27)18-8-4-5-9-19(18)24-22(25)28/h1-3,6-7,10-13,18-19H,4-5,8-9,14H2,(H,23,26)(H,24,28). The molecular weight excluding hydrogens is 370 g/mol. The number of hydrogen-bond donors (Lipinski definition) is 2. The second-order valence-corrected chi connectivity index (χ2v) is 7.72. The molecule has 28 heavy (non-hydrogen) atoms. The molecule has 0 spiro atoms. The van der Waals surface area contributed by atoms with Gasteiger partial charge in [0.2, 0.25) is 5.91 Å². The number of nitrogens with zero attached hydrogens (tertiary/aromatic N) is 1. The lowest BCUT2D eigenvalue weighted by Crippen LogP contribution is -2.61. The van der Waals surface area contributed by atoms with Gasteiger partial charge in [0.05, 0.1) is 11.6 Å². The number of fused-ring (bicyclic) bond motifs is 1. The van der Waals surface area contributed by atoms with E-state index < -0.39 is 0 Å². The van der Waals surface area contributed by atoms with E-state index in [2.05, 4.69) is 10.6 Å². The van der Waals surface area contributed by atoms with Crippen LogP contribution in [0.4, 0.5) is 5.69 Å². The summed E-state index contributed by atoms with van der Waals surface area (Å²) in [6.45, 7) is 0.475. The molecule has 2 amide bonds. The van der Waals surface area contributed by atoms with E-state index in [0.717, 1.165) is 31.2 Å². The van der Waals surface area contributed by atoms with Crippen molar-refractivity contribution in [1.82, 2.24) is 10.6 Å². The summed E-state index contributed by atoms with van der Waals surface area (Å²) >= 11 is 5.45. The first kappa shape index (κ1) is 18.6. The Morgan fingerprint density at radius 1 is 1.07 bits per heavy atom. The molecule has 2 atom stereocenters. The Morgan fingerprint density at radius 3 is 2.54 bits per heavy atom. The number of thiocarbonyl (C=S) groups is 1. The van der Waals surface area contributed by atoms with Crippen molar-refractivity contribution in [1.29, 1.82) is 0 Å². The van der Waals surface area contributed by atoms with Crippen LogP contribution in [0.25, 0.3) is 0 Å². The highest BCUT2D eigenvalue weighted by Gasteiger charge is 2.40. The predicted octanol–water partition coefficient (Wildman–Crippen LogP) is 3.40. The van der Waals surface area contributed by atoms with Gasteiger partial charge in [-0.15, -0.1) is 0 Å². The summed E-state index contributed by atoms with van der Waals surface area (Å²) in [5.41, 5.74) is 2.30. The minimum atomic E-state index is -0.145. The van der Waals surface area contributed by atoms with Gasteiger partial charge in [0.15, 0.2) is 5.11 Å². The molecular formula is C22H23N3O2S. The summed E-state index contributed by atoms with van der Waals surface area (Å²) in [4.78, 5) is 26.9. The lowest BCUT2D eigenvalue weighted by Gasteiger charge is -2.41. The van der Waals surface area contributed by atoms with Gasteiger partial charge in [-0.1, -0.05) is 43.2 Å². The van der Waals surface area contributed by atoms with Crippen LogP contribution in [-0.4, -0.2) is 23.0 Å². The zero-order valence-corrected chi connectivity index (χ0v) is 16.4. The molecule has 5 nitrogen and oxygen atoms in total. The van der Waals surface area contributed by atoms with Crippen LogP contribution in [0.2, 0.25) is 0 Å². The van der Waals surface area contributed by atoms with E-state index in [-0.39, 0.29) is 23.8 Å². The Labute approximate surface area is 170 Å². The molecule has 1 saturated carbocycles. The fourth-order valence-corrected chi connectivity index (χ4v) is 4.32. The maximum Gasteiger partial charge on any atom is 0.251 e. The minimum absolute atomic E-state index is 0.0192. The summed E-state index contributed by atoms with van der Waals surface area (Å²) in [6, 6.07) is 17.0. The quantitative estimate of drug-likeness (QED) is 0.782. The fourth-order valence-electron chi connectivity index (χ4n) is 3.97. The normalized spacial score (nSPS) is 21.6. The van der Waals surface area contributed by atoms with E-state index in [1.165, 1.54) is 0 Å². The smallest absolute Gasteiger partial charge is 0.251 e. The monoisotopic (exact) mass is 393 g/mol. The van der Waals surface area contributed by atoms with E-state index in [9.17, 15) is 9.59 Å². The predicted molar refractivity (Wildman–Crippen MR) is 113 cm³/mol. The van der Waals surface area contributed by atoms with Crippen molar-refractivity contribution >= 4 is 34.8 Å². The first-order chi connectivity index (χ1) is 13.6. The molecule has 0 bridgehead atoms. The van der Waals surface area contributed by atoms with Gasteiger partial charge in [-0.25, -0.2) is 0 Å². The highest BCUT2D eigenvalue weighted by atomic mass is 32.1. The number of benzene rings is 2. The molecule has 1 aliphatic heterocycles. The number of amides is 2. The molecule has 0 aromatic heterocycles. The largest absolute Gasteiger partial charge is 0.358 e. The Kier molecular flexibility index (Phi) is 5.39. The molecule has 6 heteroatoms. The maximum atomic E-state index is 13.0. The number of rotatable bonds is 4. The Bertz CT molecular complexity index is 882. The maximum absolute atomic E-state index is 13.0. The molecule has 4 rings (SSSR count). The highest BCUT2D eigenvalue weighted by Crippen LogP contribution is 2.31. The topological polar surface area (TPSA) is 61.4 Å². The van der Waals surface area contributed by atoms with Crippen molar-refractivity contribution < 1.29 is 9.59 Å². The number of carbonyl (C=O) groups excluding carboxylic acids is 2. The highest BCUT2D eigenvalue weighted by molar-refractivity contribution is 7.80. The van der Waals surface area contributed by atoms with Crippen molar-refractivity contribution in [2.24, 2.45) is 5.92 Å². The van der Waals surface area contributed by atoms with E-state index in [0.29, 0.717) is 22.9 Å². The summed E-state index contributed by atoms with van der Waals surface area (Å²) in [7, 11) is 0. The van der Waals surface area contributed by atoms with E-state index >= 15 is 0 Å². The van der Waals surface area contributed by atoms with Gasteiger partial charge in [0.1, 0.15) is 0 Å². The van der Waals surface area contributed by atoms with Crippen LogP contribution in [0.15, 0.2) is 54.6 Å². The molecule has 1 aliphatic carbocycles. The van der Waals surface area contributed by atoms with Crippen LogP contribution >= 0.6 is 12.2 Å². The third-order valence-electron chi connectivity index (χ3n) is 5.50. The summed E-state index contributed by atoms with van der Waals surface area (Å²) in [5.74, 6) is -0.0996. The van der Waals surface area contributed by atoms with Crippen LogP contribution < -0.4 is 15.5 Å². The van der Waals surface area contributed by atoms with Crippen molar-refractivity contribution in [3.63, 3.8) is 0 Å². The fraction of sp³-hybridized carbons (Fsp3) is 0.318. The molecule has 144 valence electrons. The van der Waals surface area contributed by atoms with Gasteiger partial charge >= 0.3 is 0 Å². The number of hydrogen-bond acceptors (Lipinski definition) is 3. The summed E-state index contributed by atoms with van der Waals surface area (Å²) in [5, 5.41) is 6.69. The molecule has 2 fully saturated rings. The molecule has 0 radical (unpaired) electrons. The molecule has 2 aromatic rings.